The third kappa shape index (κ3) is 4.66. The van der Waals surface area contributed by atoms with E-state index in [0.717, 1.165) is 37.2 Å². The molecule has 0 aromatic heterocycles. The fraction of sp³-hybridized carbons (Fsp3) is 0.304. The van der Waals surface area contributed by atoms with Crippen molar-refractivity contribution in [3.63, 3.8) is 0 Å². The van der Waals surface area contributed by atoms with Crippen molar-refractivity contribution < 1.29 is 9.59 Å². The monoisotopic (exact) mass is 453 g/mol. The van der Waals surface area contributed by atoms with Crippen LogP contribution in [0.15, 0.2) is 65.1 Å². The van der Waals surface area contributed by atoms with E-state index in [1.54, 1.807) is 12.1 Å². The molecular weight excluding hydrogens is 430 g/mol. The van der Waals surface area contributed by atoms with Gasteiger partial charge in [0.05, 0.1) is 18.2 Å². The highest BCUT2D eigenvalue weighted by Crippen LogP contribution is 2.27. The summed E-state index contributed by atoms with van der Waals surface area (Å²) in [6.07, 6.45) is 4.59. The fourth-order valence-corrected chi connectivity index (χ4v) is 4.19. The van der Waals surface area contributed by atoms with Crippen molar-refractivity contribution >= 4 is 39.5 Å². The molecule has 2 saturated heterocycles. The molecule has 0 bridgehead atoms. The molecule has 150 valence electrons. The number of hydrogen-bond donors (Lipinski definition) is 0. The molecule has 2 aliphatic heterocycles. The minimum Gasteiger partial charge on any atom is -0.297 e. The lowest BCUT2D eigenvalue weighted by molar-refractivity contribution is -0.123. The van der Waals surface area contributed by atoms with Crippen molar-refractivity contribution in [2.45, 2.75) is 12.5 Å². The Labute approximate surface area is 179 Å². The summed E-state index contributed by atoms with van der Waals surface area (Å²) < 4.78 is 0.925. The van der Waals surface area contributed by atoms with Crippen molar-refractivity contribution in [1.82, 2.24) is 9.80 Å². The predicted molar refractivity (Wildman–Crippen MR) is 119 cm³/mol. The molecule has 1 atom stereocenters. The highest BCUT2D eigenvalue weighted by Gasteiger charge is 2.43. The van der Waals surface area contributed by atoms with Gasteiger partial charge in [-0.2, -0.15) is 0 Å². The van der Waals surface area contributed by atoms with Crippen LogP contribution in [0.25, 0.3) is 6.08 Å². The third-order valence-electron chi connectivity index (χ3n) is 5.53. The standard InChI is InChI=1S/C23H24BrN3O2/c24-19-8-10-20(11-9-19)27-22(28)17-21(23(27)29)26-15-13-25(14-16-26)12-4-7-18-5-2-1-3-6-18/h1-11,21H,12-17H2/b7-4+. The van der Waals surface area contributed by atoms with Gasteiger partial charge in [-0.3, -0.25) is 19.4 Å². The molecule has 0 aliphatic carbocycles. The number of hydrogen-bond acceptors (Lipinski definition) is 4. The molecule has 2 heterocycles. The summed E-state index contributed by atoms with van der Waals surface area (Å²) in [5.41, 5.74) is 1.85. The van der Waals surface area contributed by atoms with Crippen LogP contribution < -0.4 is 4.90 Å². The quantitative estimate of drug-likeness (QED) is 0.650. The normalized spacial score (nSPS) is 21.4. The van der Waals surface area contributed by atoms with E-state index in [1.165, 1.54) is 10.5 Å². The summed E-state index contributed by atoms with van der Waals surface area (Å²) >= 11 is 3.39. The van der Waals surface area contributed by atoms with Crippen LogP contribution in [0.3, 0.4) is 0 Å². The zero-order chi connectivity index (χ0) is 20.2. The summed E-state index contributed by atoms with van der Waals surface area (Å²) in [7, 11) is 0. The van der Waals surface area contributed by atoms with Crippen LogP contribution in [-0.4, -0.2) is 60.4 Å². The largest absolute Gasteiger partial charge is 0.297 e. The topological polar surface area (TPSA) is 43.9 Å². The molecular formula is C23H24BrN3O2. The van der Waals surface area contributed by atoms with E-state index in [2.05, 4.69) is 50.0 Å². The average molecular weight is 454 g/mol. The van der Waals surface area contributed by atoms with Gasteiger partial charge in [0.2, 0.25) is 5.91 Å². The van der Waals surface area contributed by atoms with Gasteiger partial charge in [-0.05, 0) is 29.8 Å². The maximum atomic E-state index is 12.9. The van der Waals surface area contributed by atoms with Crippen LogP contribution in [0.1, 0.15) is 12.0 Å². The number of nitrogens with zero attached hydrogens (tertiary/aromatic N) is 3. The number of imide groups is 1. The molecule has 2 fully saturated rings. The van der Waals surface area contributed by atoms with Crippen molar-refractivity contribution in [3.8, 4) is 0 Å². The number of benzene rings is 2. The van der Waals surface area contributed by atoms with Crippen LogP contribution in [0.2, 0.25) is 0 Å². The number of amides is 2. The summed E-state index contributed by atoms with van der Waals surface area (Å²) in [6, 6.07) is 17.3. The molecule has 2 amide bonds. The molecule has 29 heavy (non-hydrogen) atoms. The first-order valence-electron chi connectivity index (χ1n) is 9.92. The van der Waals surface area contributed by atoms with Crippen molar-refractivity contribution in [2.24, 2.45) is 0 Å². The highest BCUT2D eigenvalue weighted by atomic mass is 79.9. The van der Waals surface area contributed by atoms with Crippen molar-refractivity contribution in [3.05, 3.63) is 70.7 Å². The van der Waals surface area contributed by atoms with E-state index in [1.807, 2.05) is 30.3 Å². The SMILES string of the molecule is O=C1CC(N2CCN(C/C=C/c3ccccc3)CC2)C(=O)N1c1ccc(Br)cc1. The Hall–Kier alpha value is -2.28. The zero-order valence-electron chi connectivity index (χ0n) is 16.2. The molecule has 2 aromatic rings. The minimum absolute atomic E-state index is 0.102. The maximum absolute atomic E-state index is 12.9. The van der Waals surface area contributed by atoms with Gasteiger partial charge in [0.15, 0.2) is 0 Å². The lowest BCUT2D eigenvalue weighted by Gasteiger charge is -2.36. The van der Waals surface area contributed by atoms with Crippen molar-refractivity contribution in [1.29, 1.82) is 0 Å². The summed E-state index contributed by atoms with van der Waals surface area (Å²) in [4.78, 5) is 31.3. The number of halogens is 1. The third-order valence-corrected chi connectivity index (χ3v) is 6.06. The molecule has 6 heteroatoms. The summed E-state index contributed by atoms with van der Waals surface area (Å²) in [6.45, 7) is 4.30. The highest BCUT2D eigenvalue weighted by molar-refractivity contribution is 9.10. The van der Waals surface area contributed by atoms with Gasteiger partial charge in [-0.15, -0.1) is 0 Å². The first-order valence-corrected chi connectivity index (χ1v) is 10.7. The molecule has 2 aromatic carbocycles. The van der Waals surface area contributed by atoms with E-state index < -0.39 is 0 Å². The molecule has 0 spiro atoms. The van der Waals surface area contributed by atoms with Gasteiger partial charge in [-0.25, -0.2) is 4.90 Å². The van der Waals surface area contributed by atoms with E-state index in [9.17, 15) is 9.59 Å². The Balaban J connectivity index is 1.31. The van der Waals surface area contributed by atoms with E-state index >= 15 is 0 Å². The van der Waals surface area contributed by atoms with Crippen molar-refractivity contribution in [2.75, 3.05) is 37.6 Å². The molecule has 0 radical (unpaired) electrons. The molecule has 5 nitrogen and oxygen atoms in total. The van der Waals surface area contributed by atoms with Gasteiger partial charge >= 0.3 is 0 Å². The summed E-state index contributed by atoms with van der Waals surface area (Å²) in [5.74, 6) is -0.217. The molecule has 1 unspecified atom stereocenters. The molecule has 4 rings (SSSR count). The first kappa shape index (κ1) is 20.0. The average Bonchev–Trinajstić information content (AvgIpc) is 3.04. The van der Waals surface area contributed by atoms with E-state index in [0.29, 0.717) is 5.69 Å². The lowest BCUT2D eigenvalue weighted by atomic mass is 10.1. The van der Waals surface area contributed by atoms with Gasteiger partial charge in [0, 0.05) is 37.2 Å². The molecule has 0 saturated carbocycles. The first-order chi connectivity index (χ1) is 14.1. The van der Waals surface area contributed by atoms with Crippen LogP contribution in [0.5, 0.6) is 0 Å². The van der Waals surface area contributed by atoms with Gasteiger partial charge < -0.3 is 0 Å². The van der Waals surface area contributed by atoms with E-state index in [-0.39, 0.29) is 24.3 Å². The smallest absolute Gasteiger partial charge is 0.251 e. The van der Waals surface area contributed by atoms with Gasteiger partial charge in [0.25, 0.3) is 5.91 Å². The Morgan fingerprint density at radius 2 is 1.62 bits per heavy atom. The lowest BCUT2D eigenvalue weighted by Crippen LogP contribution is -2.52. The zero-order valence-corrected chi connectivity index (χ0v) is 17.8. The van der Waals surface area contributed by atoms with Crippen LogP contribution >= 0.6 is 15.9 Å². The molecule has 2 aliphatic rings. The Bertz CT molecular complexity index is 890. The Morgan fingerprint density at radius 1 is 0.931 bits per heavy atom. The molecule has 0 N–H and O–H groups in total. The number of rotatable bonds is 5. The summed E-state index contributed by atoms with van der Waals surface area (Å²) in [5, 5.41) is 0. The van der Waals surface area contributed by atoms with Crippen LogP contribution in [-0.2, 0) is 9.59 Å². The van der Waals surface area contributed by atoms with E-state index in [4.69, 9.17) is 0 Å². The predicted octanol–water partition coefficient (Wildman–Crippen LogP) is 3.41. The number of piperazine rings is 1. The Kier molecular flexibility index (Phi) is 6.23. The Morgan fingerprint density at radius 3 is 2.31 bits per heavy atom. The van der Waals surface area contributed by atoms with Gasteiger partial charge in [-0.1, -0.05) is 58.4 Å². The second kappa shape index (κ2) is 9.03. The number of anilines is 1. The second-order valence-electron chi connectivity index (χ2n) is 7.41. The van der Waals surface area contributed by atoms with Gasteiger partial charge in [0.1, 0.15) is 0 Å². The van der Waals surface area contributed by atoms with Crippen LogP contribution in [0.4, 0.5) is 5.69 Å². The maximum Gasteiger partial charge on any atom is 0.251 e. The van der Waals surface area contributed by atoms with Crippen LogP contribution in [0, 0.1) is 0 Å². The number of carbonyl (C=O) groups excluding carboxylic acids is 2. The number of carbonyl (C=O) groups is 2. The minimum atomic E-state index is -0.340. The second-order valence-corrected chi connectivity index (χ2v) is 8.33. The fourth-order valence-electron chi connectivity index (χ4n) is 3.92.